The van der Waals surface area contributed by atoms with Crippen molar-refractivity contribution < 1.29 is 18.0 Å². The molecule has 0 aliphatic heterocycles. The zero-order valence-electron chi connectivity index (χ0n) is 11.3. The van der Waals surface area contributed by atoms with Crippen LogP contribution in [0.3, 0.4) is 0 Å². The van der Waals surface area contributed by atoms with E-state index in [0.717, 1.165) is 0 Å². The van der Waals surface area contributed by atoms with Crippen LogP contribution < -0.4 is 11.1 Å². The molecule has 0 bridgehead atoms. The summed E-state index contributed by atoms with van der Waals surface area (Å²) in [6.07, 6.45) is 0. The highest BCUT2D eigenvalue weighted by Crippen LogP contribution is 2.18. The second-order valence-electron chi connectivity index (χ2n) is 3.93. The summed E-state index contributed by atoms with van der Waals surface area (Å²) in [4.78, 5) is 21.8. The Bertz CT molecular complexity index is 592. The largest absolute Gasteiger partial charge is 0.361 e. The molecule has 0 saturated carbocycles. The van der Waals surface area contributed by atoms with E-state index >= 15 is 0 Å². The summed E-state index contributed by atoms with van der Waals surface area (Å²) in [6.45, 7) is 4.25. The second-order valence-corrected chi connectivity index (χ2v) is 5.87. The molecule has 2 amide bonds. The molecular formula is C12H17N3O4S. The van der Waals surface area contributed by atoms with Crippen LogP contribution in [0.15, 0.2) is 29.2 Å². The van der Waals surface area contributed by atoms with Crippen molar-refractivity contribution in [3.8, 4) is 0 Å². The van der Waals surface area contributed by atoms with Crippen molar-refractivity contribution in [1.82, 2.24) is 4.31 Å². The predicted octanol–water partition coefficient (Wildman–Crippen LogP) is 0.141. The van der Waals surface area contributed by atoms with E-state index in [0.29, 0.717) is 18.8 Å². The van der Waals surface area contributed by atoms with Crippen LogP contribution >= 0.6 is 0 Å². The summed E-state index contributed by atoms with van der Waals surface area (Å²) in [6, 6.07) is 5.53. The van der Waals surface area contributed by atoms with Crippen LogP contribution in [0.1, 0.15) is 13.8 Å². The first-order valence-electron chi connectivity index (χ1n) is 6.03. The molecular weight excluding hydrogens is 282 g/mol. The minimum Gasteiger partial charge on any atom is -0.361 e. The number of primary amides is 1. The third-order valence-electron chi connectivity index (χ3n) is 2.68. The van der Waals surface area contributed by atoms with Crippen LogP contribution in [0.5, 0.6) is 0 Å². The van der Waals surface area contributed by atoms with Gasteiger partial charge in [-0.2, -0.15) is 4.31 Å². The van der Waals surface area contributed by atoms with Gasteiger partial charge in [-0.25, -0.2) is 8.42 Å². The Kier molecular flexibility index (Phi) is 5.23. The summed E-state index contributed by atoms with van der Waals surface area (Å²) in [5.74, 6) is -2.06. The first-order valence-corrected chi connectivity index (χ1v) is 7.48. The van der Waals surface area contributed by atoms with E-state index in [2.05, 4.69) is 5.32 Å². The van der Waals surface area contributed by atoms with E-state index in [1.807, 2.05) is 0 Å². The van der Waals surface area contributed by atoms with Gasteiger partial charge in [-0.3, -0.25) is 9.59 Å². The number of rotatable bonds is 5. The highest BCUT2D eigenvalue weighted by atomic mass is 32.2. The molecule has 0 fully saturated rings. The highest BCUT2D eigenvalue weighted by Gasteiger charge is 2.21. The van der Waals surface area contributed by atoms with Gasteiger partial charge in [0.15, 0.2) is 0 Å². The van der Waals surface area contributed by atoms with Crippen molar-refractivity contribution in [1.29, 1.82) is 0 Å². The molecule has 1 rings (SSSR count). The molecule has 0 saturated heterocycles. The smallest absolute Gasteiger partial charge is 0.313 e. The zero-order valence-corrected chi connectivity index (χ0v) is 12.1. The fourth-order valence-electron chi connectivity index (χ4n) is 1.62. The van der Waals surface area contributed by atoms with E-state index in [-0.39, 0.29) is 4.90 Å². The average molecular weight is 299 g/mol. The van der Waals surface area contributed by atoms with Crippen molar-refractivity contribution in [3.05, 3.63) is 24.3 Å². The lowest BCUT2D eigenvalue weighted by atomic mass is 10.3. The molecule has 0 heterocycles. The van der Waals surface area contributed by atoms with Gasteiger partial charge in [0, 0.05) is 18.8 Å². The van der Waals surface area contributed by atoms with Crippen molar-refractivity contribution in [3.63, 3.8) is 0 Å². The third kappa shape index (κ3) is 3.55. The van der Waals surface area contributed by atoms with Gasteiger partial charge in [0.25, 0.3) is 0 Å². The molecule has 1 aromatic rings. The van der Waals surface area contributed by atoms with Crippen LogP contribution in [-0.2, 0) is 19.6 Å². The molecule has 1 aromatic carbocycles. The lowest BCUT2D eigenvalue weighted by Crippen LogP contribution is -2.31. The normalized spacial score (nSPS) is 11.3. The van der Waals surface area contributed by atoms with Gasteiger partial charge >= 0.3 is 11.8 Å². The average Bonchev–Trinajstić information content (AvgIpc) is 2.40. The molecule has 0 aromatic heterocycles. The highest BCUT2D eigenvalue weighted by molar-refractivity contribution is 7.89. The standard InChI is InChI=1S/C12H17N3O4S/c1-3-15(4-2)20(18,19)10-7-5-9(6-8-10)14-12(17)11(13)16/h5-8H,3-4H2,1-2H3,(H2,13,16)(H,14,17). The molecule has 20 heavy (non-hydrogen) atoms. The SMILES string of the molecule is CCN(CC)S(=O)(=O)c1ccc(NC(=O)C(N)=O)cc1. The lowest BCUT2D eigenvalue weighted by molar-refractivity contribution is -0.134. The monoisotopic (exact) mass is 299 g/mol. The fourth-order valence-corrected chi connectivity index (χ4v) is 3.07. The van der Waals surface area contributed by atoms with Gasteiger partial charge in [0.2, 0.25) is 10.0 Å². The number of carbonyl (C=O) groups excluding carboxylic acids is 2. The summed E-state index contributed by atoms with van der Waals surface area (Å²) >= 11 is 0. The van der Waals surface area contributed by atoms with Crippen molar-refractivity contribution in [2.75, 3.05) is 18.4 Å². The molecule has 0 spiro atoms. The number of nitrogens with two attached hydrogens (primary N) is 1. The second kappa shape index (κ2) is 6.49. The van der Waals surface area contributed by atoms with Gasteiger partial charge < -0.3 is 11.1 Å². The Balaban J connectivity index is 2.97. The number of sulfonamides is 1. The maximum Gasteiger partial charge on any atom is 0.313 e. The van der Waals surface area contributed by atoms with Crippen LogP contribution in [0, 0.1) is 0 Å². The molecule has 8 heteroatoms. The van der Waals surface area contributed by atoms with Crippen molar-refractivity contribution in [2.24, 2.45) is 5.73 Å². The first-order chi connectivity index (χ1) is 9.32. The van der Waals surface area contributed by atoms with Crippen molar-refractivity contribution in [2.45, 2.75) is 18.7 Å². The van der Waals surface area contributed by atoms with Crippen LogP contribution in [0.2, 0.25) is 0 Å². The Hall–Kier alpha value is -1.93. The number of nitrogens with zero attached hydrogens (tertiary/aromatic N) is 1. The molecule has 0 aliphatic rings. The van der Waals surface area contributed by atoms with E-state index in [1.165, 1.54) is 28.6 Å². The van der Waals surface area contributed by atoms with Crippen LogP contribution in [0.25, 0.3) is 0 Å². The molecule has 7 nitrogen and oxygen atoms in total. The van der Waals surface area contributed by atoms with E-state index in [9.17, 15) is 18.0 Å². The summed E-state index contributed by atoms with van der Waals surface area (Å²) < 4.78 is 25.7. The van der Waals surface area contributed by atoms with Gasteiger partial charge in [-0.15, -0.1) is 0 Å². The van der Waals surface area contributed by atoms with Crippen molar-refractivity contribution >= 4 is 27.5 Å². The molecule has 0 aliphatic carbocycles. The number of amides is 2. The Morgan fingerprint density at radius 3 is 2.05 bits per heavy atom. The first kappa shape index (κ1) is 16.1. The van der Waals surface area contributed by atoms with E-state index in [4.69, 9.17) is 5.73 Å². The Morgan fingerprint density at radius 1 is 1.15 bits per heavy atom. The van der Waals surface area contributed by atoms with Gasteiger partial charge in [-0.05, 0) is 24.3 Å². The summed E-state index contributed by atoms with van der Waals surface area (Å²) in [7, 11) is -3.53. The molecule has 0 atom stereocenters. The van der Waals surface area contributed by atoms with Gasteiger partial charge in [0.05, 0.1) is 4.90 Å². The van der Waals surface area contributed by atoms with Crippen LogP contribution in [0.4, 0.5) is 5.69 Å². The number of nitrogens with one attached hydrogen (secondary N) is 1. The van der Waals surface area contributed by atoms with E-state index < -0.39 is 21.8 Å². The van der Waals surface area contributed by atoms with Gasteiger partial charge in [0.1, 0.15) is 0 Å². The predicted molar refractivity (Wildman–Crippen MR) is 74.4 cm³/mol. The summed E-state index contributed by atoms with van der Waals surface area (Å²) in [5.41, 5.74) is 5.10. The maximum atomic E-state index is 12.2. The van der Waals surface area contributed by atoms with E-state index in [1.54, 1.807) is 13.8 Å². The number of anilines is 1. The minimum atomic E-state index is -3.53. The van der Waals surface area contributed by atoms with Gasteiger partial charge in [-0.1, -0.05) is 13.8 Å². The molecule has 3 N–H and O–H groups in total. The fraction of sp³-hybridized carbons (Fsp3) is 0.333. The summed E-state index contributed by atoms with van der Waals surface area (Å²) in [5, 5.41) is 2.26. The molecule has 0 radical (unpaired) electrons. The number of hydrogen-bond donors (Lipinski definition) is 2. The molecule has 0 unspecified atom stereocenters. The number of benzene rings is 1. The van der Waals surface area contributed by atoms with Crippen LogP contribution in [-0.4, -0.2) is 37.6 Å². The Labute approximate surface area is 117 Å². The Morgan fingerprint density at radius 2 is 1.65 bits per heavy atom. The third-order valence-corrected chi connectivity index (χ3v) is 4.74. The zero-order chi connectivity index (χ0) is 15.3. The molecule has 110 valence electrons. The number of carbonyl (C=O) groups is 2. The number of hydrogen-bond acceptors (Lipinski definition) is 4. The lowest BCUT2D eigenvalue weighted by Gasteiger charge is -2.18. The minimum absolute atomic E-state index is 0.123. The maximum absolute atomic E-state index is 12.2. The quantitative estimate of drug-likeness (QED) is 0.753. The topological polar surface area (TPSA) is 110 Å².